The van der Waals surface area contributed by atoms with Crippen molar-refractivity contribution in [3.8, 4) is 6.07 Å². The molecular formula is C21H23ClN4OS. The highest BCUT2D eigenvalue weighted by atomic mass is 35.5. The lowest BCUT2D eigenvalue weighted by Crippen LogP contribution is -2.36. The number of aryl methyl sites for hydroxylation is 1. The minimum absolute atomic E-state index is 0. The molecule has 0 spiro atoms. The third-order valence-electron chi connectivity index (χ3n) is 4.36. The molecule has 3 rings (SSSR count). The Kier molecular flexibility index (Phi) is 7.53. The van der Waals surface area contributed by atoms with Crippen LogP contribution in [0.4, 0.5) is 5.13 Å². The summed E-state index contributed by atoms with van der Waals surface area (Å²) in [6.45, 7) is 3.41. The lowest BCUT2D eigenvalue weighted by molar-refractivity contribution is 0.0985. The highest BCUT2D eigenvalue weighted by Gasteiger charge is 2.21. The zero-order chi connectivity index (χ0) is 19.4. The van der Waals surface area contributed by atoms with Crippen molar-refractivity contribution in [2.45, 2.75) is 13.3 Å². The van der Waals surface area contributed by atoms with Crippen LogP contribution in [0.3, 0.4) is 0 Å². The van der Waals surface area contributed by atoms with Gasteiger partial charge in [-0.3, -0.25) is 9.69 Å². The molecule has 0 saturated heterocycles. The first-order valence-corrected chi connectivity index (χ1v) is 9.69. The van der Waals surface area contributed by atoms with Crippen molar-refractivity contribution in [3.63, 3.8) is 0 Å². The maximum Gasteiger partial charge on any atom is 0.260 e. The Labute approximate surface area is 175 Å². The number of amides is 1. The van der Waals surface area contributed by atoms with Gasteiger partial charge in [0, 0.05) is 18.7 Å². The van der Waals surface area contributed by atoms with Crippen molar-refractivity contribution in [1.29, 1.82) is 5.26 Å². The average molecular weight is 415 g/mol. The van der Waals surface area contributed by atoms with Crippen LogP contribution in [0.15, 0.2) is 42.5 Å². The van der Waals surface area contributed by atoms with Gasteiger partial charge in [-0.1, -0.05) is 24.3 Å². The van der Waals surface area contributed by atoms with E-state index in [1.165, 1.54) is 5.56 Å². The van der Waals surface area contributed by atoms with Crippen LogP contribution in [0.25, 0.3) is 10.2 Å². The molecule has 0 N–H and O–H groups in total. The number of rotatable bonds is 6. The molecule has 1 heterocycles. The highest BCUT2D eigenvalue weighted by Crippen LogP contribution is 2.30. The summed E-state index contributed by atoms with van der Waals surface area (Å²) in [5.41, 5.74) is 3.27. The molecule has 0 aliphatic carbocycles. The molecule has 0 aliphatic heterocycles. The van der Waals surface area contributed by atoms with Crippen LogP contribution in [0.1, 0.15) is 28.4 Å². The fraction of sp³-hybridized carbons (Fsp3) is 0.286. The summed E-state index contributed by atoms with van der Waals surface area (Å²) < 4.78 is 1.09. The highest BCUT2D eigenvalue weighted by molar-refractivity contribution is 7.22. The smallest absolute Gasteiger partial charge is 0.260 e. The molecule has 5 nitrogen and oxygen atoms in total. The summed E-state index contributed by atoms with van der Waals surface area (Å²) in [4.78, 5) is 21.6. The predicted octanol–water partition coefficient (Wildman–Crippen LogP) is 4.36. The number of fused-ring (bicyclic) bond motifs is 1. The van der Waals surface area contributed by atoms with E-state index >= 15 is 0 Å². The van der Waals surface area contributed by atoms with Crippen LogP contribution in [-0.4, -0.2) is 43.0 Å². The van der Waals surface area contributed by atoms with E-state index in [-0.39, 0.29) is 18.3 Å². The molecule has 0 radical (unpaired) electrons. The van der Waals surface area contributed by atoms with Crippen LogP contribution in [0, 0.1) is 11.3 Å². The number of nitrogens with zero attached hydrogens (tertiary/aromatic N) is 4. The Bertz CT molecular complexity index is 992. The van der Waals surface area contributed by atoms with Gasteiger partial charge in [0.15, 0.2) is 5.13 Å². The number of thiazole rings is 1. The molecule has 0 saturated carbocycles. The quantitative estimate of drug-likeness (QED) is 0.601. The van der Waals surface area contributed by atoms with Gasteiger partial charge in [-0.25, -0.2) is 4.98 Å². The van der Waals surface area contributed by atoms with Crippen LogP contribution >= 0.6 is 23.7 Å². The van der Waals surface area contributed by atoms with Crippen LogP contribution in [-0.2, 0) is 6.42 Å². The zero-order valence-electron chi connectivity index (χ0n) is 16.2. The molecular weight excluding hydrogens is 392 g/mol. The van der Waals surface area contributed by atoms with Gasteiger partial charge in [-0.15, -0.1) is 12.4 Å². The molecule has 7 heteroatoms. The molecule has 0 bridgehead atoms. The Morgan fingerprint density at radius 1 is 1.14 bits per heavy atom. The molecule has 2 aromatic carbocycles. The van der Waals surface area contributed by atoms with Gasteiger partial charge >= 0.3 is 0 Å². The fourth-order valence-electron chi connectivity index (χ4n) is 2.72. The monoisotopic (exact) mass is 414 g/mol. The number of hydrogen-bond donors (Lipinski definition) is 0. The van der Waals surface area contributed by atoms with Crippen molar-refractivity contribution < 1.29 is 4.79 Å². The van der Waals surface area contributed by atoms with E-state index in [1.807, 2.05) is 25.1 Å². The van der Waals surface area contributed by atoms with Gasteiger partial charge in [-0.05, 0) is 62.5 Å². The molecule has 28 heavy (non-hydrogen) atoms. The first-order chi connectivity index (χ1) is 13.0. The molecule has 0 atom stereocenters. The SMILES string of the molecule is CCc1ccc2nc(N(CCN(C)C)C(=O)c3ccc(C#N)cc3)sc2c1.Cl. The first-order valence-electron chi connectivity index (χ1n) is 8.88. The number of aromatic nitrogens is 1. The summed E-state index contributed by atoms with van der Waals surface area (Å²) in [5, 5.41) is 9.67. The van der Waals surface area contributed by atoms with Gasteiger partial charge < -0.3 is 4.90 Å². The molecule has 0 fully saturated rings. The number of carbonyl (C=O) groups is 1. The second-order valence-electron chi connectivity index (χ2n) is 6.60. The molecule has 0 unspecified atom stereocenters. The van der Waals surface area contributed by atoms with Gasteiger partial charge in [0.25, 0.3) is 5.91 Å². The minimum Gasteiger partial charge on any atom is -0.308 e. The Morgan fingerprint density at radius 2 is 1.86 bits per heavy atom. The first kappa shape index (κ1) is 21.8. The minimum atomic E-state index is -0.101. The Morgan fingerprint density at radius 3 is 2.46 bits per heavy atom. The molecule has 3 aromatic rings. The number of nitriles is 1. The predicted molar refractivity (Wildman–Crippen MR) is 118 cm³/mol. The van der Waals surface area contributed by atoms with Crippen molar-refractivity contribution >= 4 is 45.0 Å². The molecule has 0 aliphatic rings. The largest absolute Gasteiger partial charge is 0.308 e. The number of anilines is 1. The standard InChI is InChI=1S/C21H22N4OS.ClH/c1-4-15-7-10-18-19(13-15)27-21(23-18)25(12-11-24(2)3)20(26)17-8-5-16(14-22)6-9-17;/h5-10,13H,4,11-12H2,1-3H3;1H. The van der Waals surface area contributed by atoms with Gasteiger partial charge in [0.05, 0.1) is 21.8 Å². The molecule has 1 aromatic heterocycles. The lowest BCUT2D eigenvalue weighted by atomic mass is 10.1. The summed E-state index contributed by atoms with van der Waals surface area (Å²) >= 11 is 1.54. The fourth-order valence-corrected chi connectivity index (χ4v) is 3.77. The van der Waals surface area contributed by atoms with E-state index in [1.54, 1.807) is 40.5 Å². The zero-order valence-corrected chi connectivity index (χ0v) is 17.8. The van der Waals surface area contributed by atoms with Crippen LogP contribution < -0.4 is 4.90 Å². The van der Waals surface area contributed by atoms with Gasteiger partial charge in [-0.2, -0.15) is 5.26 Å². The van der Waals surface area contributed by atoms with E-state index in [0.717, 1.165) is 23.2 Å². The number of benzene rings is 2. The third kappa shape index (κ3) is 4.87. The second-order valence-corrected chi connectivity index (χ2v) is 7.61. The number of carbonyl (C=O) groups excluding carboxylic acids is 1. The number of hydrogen-bond acceptors (Lipinski definition) is 5. The lowest BCUT2D eigenvalue weighted by Gasteiger charge is -2.22. The summed E-state index contributed by atoms with van der Waals surface area (Å²) in [5.74, 6) is -0.101. The summed E-state index contributed by atoms with van der Waals surface area (Å²) in [6.07, 6.45) is 0.970. The van der Waals surface area contributed by atoms with Crippen molar-refractivity contribution in [2.75, 3.05) is 32.1 Å². The van der Waals surface area contributed by atoms with Crippen molar-refractivity contribution in [3.05, 3.63) is 59.2 Å². The topological polar surface area (TPSA) is 60.2 Å². The van der Waals surface area contributed by atoms with Crippen LogP contribution in [0.2, 0.25) is 0 Å². The summed E-state index contributed by atoms with van der Waals surface area (Å²) in [7, 11) is 3.96. The van der Waals surface area contributed by atoms with E-state index in [2.05, 4.69) is 25.1 Å². The van der Waals surface area contributed by atoms with Crippen LogP contribution in [0.5, 0.6) is 0 Å². The number of likely N-dealkylation sites (N-methyl/N-ethyl adjacent to an activating group) is 1. The van der Waals surface area contributed by atoms with E-state index in [4.69, 9.17) is 10.2 Å². The molecule has 1 amide bonds. The molecule has 146 valence electrons. The Balaban J connectivity index is 0.00000280. The van der Waals surface area contributed by atoms with E-state index in [9.17, 15) is 4.79 Å². The normalized spacial score (nSPS) is 10.5. The maximum absolute atomic E-state index is 13.1. The van der Waals surface area contributed by atoms with E-state index in [0.29, 0.717) is 22.8 Å². The third-order valence-corrected chi connectivity index (χ3v) is 5.40. The van der Waals surface area contributed by atoms with Crippen molar-refractivity contribution in [1.82, 2.24) is 9.88 Å². The maximum atomic E-state index is 13.1. The van der Waals surface area contributed by atoms with Crippen molar-refractivity contribution in [2.24, 2.45) is 0 Å². The van der Waals surface area contributed by atoms with Gasteiger partial charge in [0.1, 0.15) is 0 Å². The average Bonchev–Trinajstić information content (AvgIpc) is 3.10. The van der Waals surface area contributed by atoms with Gasteiger partial charge in [0.2, 0.25) is 0 Å². The Hall–Kier alpha value is -2.46. The second kappa shape index (κ2) is 9.65. The van der Waals surface area contributed by atoms with E-state index < -0.39 is 0 Å². The number of halogens is 1. The summed E-state index contributed by atoms with van der Waals surface area (Å²) in [6, 6.07) is 15.1.